The predicted molar refractivity (Wildman–Crippen MR) is 68.3 cm³/mol. The molecular weight excluding hydrogens is 256 g/mol. The summed E-state index contributed by atoms with van der Waals surface area (Å²) >= 11 is 0. The fourth-order valence-corrected chi connectivity index (χ4v) is 3.39. The van der Waals surface area contributed by atoms with Crippen molar-refractivity contribution in [3.63, 3.8) is 0 Å². The highest BCUT2D eigenvalue weighted by atomic mass is 32.2. The summed E-state index contributed by atoms with van der Waals surface area (Å²) in [6.45, 7) is 6.80. The Hall–Kier alpha value is -0.920. The van der Waals surface area contributed by atoms with Crippen LogP contribution in [-0.4, -0.2) is 49.0 Å². The summed E-state index contributed by atoms with van der Waals surface area (Å²) in [4.78, 5) is 11.3. The Morgan fingerprint density at radius 3 is 2.17 bits per heavy atom. The van der Waals surface area contributed by atoms with E-state index in [2.05, 4.69) is 11.9 Å². The molecule has 1 N–H and O–H groups in total. The van der Waals surface area contributed by atoms with Gasteiger partial charge in [-0.1, -0.05) is 20.4 Å². The molecule has 0 rings (SSSR count). The van der Waals surface area contributed by atoms with Crippen LogP contribution in [0.1, 0.15) is 26.7 Å². The molecule has 2 atom stereocenters. The quantitative estimate of drug-likeness (QED) is 0.316. The third kappa shape index (κ3) is 4.08. The Morgan fingerprint density at radius 1 is 1.39 bits per heavy atom. The molecule has 0 aliphatic heterocycles. The standard InChI is InChI=1S/C11H22N2O4S/c1-6-9(12-10(14)7-2)13(4,5)11(8-3)18(15,16)17/h7,9,11H,2,6,8H2,1,3-5H3,(H-,12,14,15,16,17). The molecule has 0 spiro atoms. The second kappa shape index (κ2) is 6.31. The molecule has 2 unspecified atom stereocenters. The fraction of sp³-hybridized carbons (Fsp3) is 0.727. The summed E-state index contributed by atoms with van der Waals surface area (Å²) in [6, 6.07) is 0. The van der Waals surface area contributed by atoms with Crippen LogP contribution in [-0.2, 0) is 14.9 Å². The summed E-state index contributed by atoms with van der Waals surface area (Å²) in [5, 5.41) is 1.57. The van der Waals surface area contributed by atoms with Gasteiger partial charge < -0.3 is 9.87 Å². The van der Waals surface area contributed by atoms with Crippen LogP contribution in [0.3, 0.4) is 0 Å². The third-order valence-electron chi connectivity index (χ3n) is 3.11. The Labute approximate surface area is 109 Å². The fourth-order valence-electron chi connectivity index (χ4n) is 2.17. The number of carbonyl (C=O) groups is 1. The zero-order valence-electron chi connectivity index (χ0n) is 11.3. The van der Waals surface area contributed by atoms with E-state index in [0.717, 1.165) is 6.08 Å². The molecule has 1 amide bonds. The summed E-state index contributed by atoms with van der Waals surface area (Å²) in [5.41, 5.74) is 0. The maximum absolute atomic E-state index is 11.3. The molecule has 0 radical (unpaired) electrons. The number of hydrogen-bond donors (Lipinski definition) is 1. The Bertz CT molecular complexity index is 403. The van der Waals surface area contributed by atoms with Crippen LogP contribution in [0.25, 0.3) is 0 Å². The predicted octanol–water partition coefficient (Wildman–Crippen LogP) is 0.382. The molecule has 18 heavy (non-hydrogen) atoms. The van der Waals surface area contributed by atoms with Crippen molar-refractivity contribution in [1.82, 2.24) is 5.32 Å². The van der Waals surface area contributed by atoms with Gasteiger partial charge in [0.25, 0.3) is 0 Å². The van der Waals surface area contributed by atoms with Crippen molar-refractivity contribution < 1.29 is 22.2 Å². The Morgan fingerprint density at radius 2 is 1.89 bits per heavy atom. The van der Waals surface area contributed by atoms with Gasteiger partial charge in [-0.3, -0.25) is 9.28 Å². The van der Waals surface area contributed by atoms with Gasteiger partial charge in [0.15, 0.2) is 11.5 Å². The van der Waals surface area contributed by atoms with Crippen LogP contribution in [0.2, 0.25) is 0 Å². The Balaban J connectivity index is 5.28. The molecule has 0 heterocycles. The maximum Gasteiger partial charge on any atom is 0.247 e. The van der Waals surface area contributed by atoms with Gasteiger partial charge in [0.2, 0.25) is 5.91 Å². The van der Waals surface area contributed by atoms with Gasteiger partial charge in [-0.25, -0.2) is 8.42 Å². The van der Waals surface area contributed by atoms with Crippen molar-refractivity contribution in [3.8, 4) is 0 Å². The molecule has 0 aliphatic carbocycles. The van der Waals surface area contributed by atoms with E-state index in [1.54, 1.807) is 21.0 Å². The van der Waals surface area contributed by atoms with Crippen LogP contribution in [0.15, 0.2) is 12.7 Å². The first-order valence-electron chi connectivity index (χ1n) is 5.82. The van der Waals surface area contributed by atoms with E-state index in [1.807, 2.05) is 6.92 Å². The van der Waals surface area contributed by atoms with E-state index in [9.17, 15) is 17.8 Å². The van der Waals surface area contributed by atoms with Crippen molar-refractivity contribution in [2.24, 2.45) is 0 Å². The molecule has 0 aromatic carbocycles. The first-order valence-corrected chi connectivity index (χ1v) is 7.29. The topological polar surface area (TPSA) is 86.3 Å². The average molecular weight is 278 g/mol. The first-order chi connectivity index (χ1) is 8.11. The number of rotatable bonds is 7. The molecule has 0 bridgehead atoms. The average Bonchev–Trinajstić information content (AvgIpc) is 2.23. The van der Waals surface area contributed by atoms with Gasteiger partial charge in [0.05, 0.1) is 14.1 Å². The summed E-state index contributed by atoms with van der Waals surface area (Å²) < 4.78 is 33.7. The maximum atomic E-state index is 11.3. The third-order valence-corrected chi connectivity index (χ3v) is 4.65. The molecule has 0 saturated heterocycles. The number of quaternary nitrogens is 1. The van der Waals surface area contributed by atoms with E-state index in [4.69, 9.17) is 0 Å². The number of nitrogens with one attached hydrogen (secondary N) is 1. The minimum absolute atomic E-state index is 0.0988. The van der Waals surface area contributed by atoms with Crippen LogP contribution < -0.4 is 5.32 Å². The normalized spacial score (nSPS) is 15.8. The molecule has 7 heteroatoms. The van der Waals surface area contributed by atoms with Gasteiger partial charge in [-0.05, 0) is 6.08 Å². The molecule has 0 fully saturated rings. The SMILES string of the molecule is C=CC(=O)NC(CC)[N+](C)(C)C(CC)S(=O)(=O)[O-]. The van der Waals surface area contributed by atoms with Crippen molar-refractivity contribution >= 4 is 16.0 Å². The lowest BCUT2D eigenvalue weighted by Gasteiger charge is -2.44. The van der Waals surface area contributed by atoms with Gasteiger partial charge >= 0.3 is 0 Å². The molecular formula is C11H22N2O4S. The number of carbonyl (C=O) groups excluding carboxylic acids is 1. The molecule has 0 aromatic heterocycles. The van der Waals surface area contributed by atoms with Crippen molar-refractivity contribution in [1.29, 1.82) is 0 Å². The minimum Gasteiger partial charge on any atom is -0.743 e. The summed E-state index contributed by atoms with van der Waals surface area (Å²) in [5.74, 6) is -0.383. The smallest absolute Gasteiger partial charge is 0.247 e. The highest BCUT2D eigenvalue weighted by Gasteiger charge is 2.39. The Kier molecular flexibility index (Phi) is 5.98. The van der Waals surface area contributed by atoms with Crippen LogP contribution in [0.5, 0.6) is 0 Å². The number of nitrogens with zero attached hydrogens (tertiary/aromatic N) is 1. The zero-order chi connectivity index (χ0) is 14.6. The van der Waals surface area contributed by atoms with E-state index in [-0.39, 0.29) is 16.8 Å². The highest BCUT2D eigenvalue weighted by molar-refractivity contribution is 7.86. The molecule has 6 nitrogen and oxygen atoms in total. The van der Waals surface area contributed by atoms with Crippen LogP contribution in [0, 0.1) is 0 Å². The molecule has 106 valence electrons. The monoisotopic (exact) mass is 278 g/mol. The number of amides is 1. The highest BCUT2D eigenvalue weighted by Crippen LogP contribution is 2.20. The second-order valence-electron chi connectivity index (χ2n) is 4.62. The molecule has 0 aliphatic rings. The first kappa shape index (κ1) is 17.1. The van der Waals surface area contributed by atoms with Crippen LogP contribution >= 0.6 is 0 Å². The van der Waals surface area contributed by atoms with Gasteiger partial charge in [0, 0.05) is 12.8 Å². The van der Waals surface area contributed by atoms with Gasteiger partial charge in [-0.15, -0.1) is 0 Å². The van der Waals surface area contributed by atoms with Crippen molar-refractivity contribution in [3.05, 3.63) is 12.7 Å². The van der Waals surface area contributed by atoms with E-state index in [1.165, 1.54) is 0 Å². The minimum atomic E-state index is -4.43. The lowest BCUT2D eigenvalue weighted by molar-refractivity contribution is -0.928. The molecule has 0 aromatic rings. The molecule has 0 saturated carbocycles. The van der Waals surface area contributed by atoms with Crippen molar-refractivity contribution in [2.75, 3.05) is 14.1 Å². The van der Waals surface area contributed by atoms with Crippen LogP contribution in [0.4, 0.5) is 0 Å². The summed E-state index contributed by atoms with van der Waals surface area (Å²) in [6.07, 6.45) is 1.37. The lowest BCUT2D eigenvalue weighted by Crippen LogP contribution is -2.63. The lowest BCUT2D eigenvalue weighted by atomic mass is 10.2. The summed E-state index contributed by atoms with van der Waals surface area (Å²) in [7, 11) is -1.17. The van der Waals surface area contributed by atoms with E-state index >= 15 is 0 Å². The van der Waals surface area contributed by atoms with Crippen molar-refractivity contribution in [2.45, 2.75) is 38.2 Å². The second-order valence-corrected chi connectivity index (χ2v) is 6.15. The van der Waals surface area contributed by atoms with E-state index < -0.39 is 21.7 Å². The van der Waals surface area contributed by atoms with Gasteiger partial charge in [0.1, 0.15) is 10.1 Å². The van der Waals surface area contributed by atoms with E-state index in [0.29, 0.717) is 6.42 Å². The van der Waals surface area contributed by atoms with Gasteiger partial charge in [-0.2, -0.15) is 0 Å². The number of hydrogen-bond acceptors (Lipinski definition) is 4. The zero-order valence-corrected chi connectivity index (χ0v) is 12.2. The largest absolute Gasteiger partial charge is 0.743 e.